The summed E-state index contributed by atoms with van der Waals surface area (Å²) in [4.78, 5) is 0.462. The summed E-state index contributed by atoms with van der Waals surface area (Å²) in [5, 5.41) is 5.95. The van der Waals surface area contributed by atoms with Crippen molar-refractivity contribution in [3.63, 3.8) is 0 Å². The van der Waals surface area contributed by atoms with E-state index in [1.807, 2.05) is 12.1 Å². The second-order valence-corrected chi connectivity index (χ2v) is 6.04. The van der Waals surface area contributed by atoms with Crippen molar-refractivity contribution in [2.24, 2.45) is 11.7 Å². The fraction of sp³-hybridized carbons (Fsp3) is 0.353. The zero-order valence-electron chi connectivity index (χ0n) is 11.6. The minimum absolute atomic E-state index is 0.462. The van der Waals surface area contributed by atoms with Gasteiger partial charge in [-0.3, -0.25) is 0 Å². The SMILES string of the molecule is NC(=S)c1ccc(NCC2CCCC2)c2ccccc12. The number of hydrogen-bond donors (Lipinski definition) is 2. The van der Waals surface area contributed by atoms with Crippen LogP contribution in [0.3, 0.4) is 0 Å². The second kappa shape index (κ2) is 5.80. The Balaban J connectivity index is 1.91. The molecule has 0 unspecified atom stereocenters. The van der Waals surface area contributed by atoms with Gasteiger partial charge in [0.25, 0.3) is 0 Å². The molecule has 1 aliphatic carbocycles. The Morgan fingerprint density at radius 3 is 2.50 bits per heavy atom. The van der Waals surface area contributed by atoms with E-state index < -0.39 is 0 Å². The van der Waals surface area contributed by atoms with E-state index in [4.69, 9.17) is 18.0 Å². The molecule has 104 valence electrons. The molecule has 20 heavy (non-hydrogen) atoms. The number of benzene rings is 2. The van der Waals surface area contributed by atoms with E-state index in [9.17, 15) is 0 Å². The first-order chi connectivity index (χ1) is 9.75. The van der Waals surface area contributed by atoms with Crippen LogP contribution < -0.4 is 11.1 Å². The van der Waals surface area contributed by atoms with E-state index in [1.165, 1.54) is 36.8 Å². The van der Waals surface area contributed by atoms with E-state index >= 15 is 0 Å². The number of hydrogen-bond acceptors (Lipinski definition) is 2. The molecule has 0 aliphatic heterocycles. The maximum atomic E-state index is 5.81. The normalized spacial score (nSPS) is 15.6. The zero-order chi connectivity index (χ0) is 13.9. The van der Waals surface area contributed by atoms with E-state index in [0.29, 0.717) is 4.99 Å². The average Bonchev–Trinajstić information content (AvgIpc) is 2.97. The highest BCUT2D eigenvalue weighted by atomic mass is 32.1. The first kappa shape index (κ1) is 13.4. The van der Waals surface area contributed by atoms with Crippen LogP contribution in [0.5, 0.6) is 0 Å². The summed E-state index contributed by atoms with van der Waals surface area (Å²) < 4.78 is 0. The number of nitrogens with one attached hydrogen (secondary N) is 1. The summed E-state index contributed by atoms with van der Waals surface area (Å²) in [5.41, 5.74) is 7.96. The van der Waals surface area contributed by atoms with E-state index in [-0.39, 0.29) is 0 Å². The quantitative estimate of drug-likeness (QED) is 0.831. The van der Waals surface area contributed by atoms with Crippen LogP contribution in [0.4, 0.5) is 5.69 Å². The molecule has 0 spiro atoms. The molecule has 2 aromatic carbocycles. The largest absolute Gasteiger partial charge is 0.389 e. The van der Waals surface area contributed by atoms with Gasteiger partial charge in [0, 0.05) is 23.2 Å². The highest BCUT2D eigenvalue weighted by molar-refractivity contribution is 7.80. The second-order valence-electron chi connectivity index (χ2n) is 5.60. The molecule has 1 fully saturated rings. The van der Waals surface area contributed by atoms with Gasteiger partial charge < -0.3 is 11.1 Å². The van der Waals surface area contributed by atoms with Crippen LogP contribution in [-0.4, -0.2) is 11.5 Å². The van der Waals surface area contributed by atoms with Crippen molar-refractivity contribution < 1.29 is 0 Å². The molecule has 1 saturated carbocycles. The molecule has 0 bridgehead atoms. The molecule has 0 saturated heterocycles. The van der Waals surface area contributed by atoms with Crippen LogP contribution >= 0.6 is 12.2 Å². The average molecular weight is 284 g/mol. The van der Waals surface area contributed by atoms with Crippen LogP contribution in [-0.2, 0) is 0 Å². The first-order valence-corrected chi connectivity index (χ1v) is 7.72. The van der Waals surface area contributed by atoms with Gasteiger partial charge in [-0.15, -0.1) is 0 Å². The summed E-state index contributed by atoms with van der Waals surface area (Å²) in [6.07, 6.45) is 5.48. The first-order valence-electron chi connectivity index (χ1n) is 7.31. The molecule has 0 aromatic heterocycles. The Morgan fingerprint density at radius 1 is 1.10 bits per heavy atom. The molecule has 2 aromatic rings. The maximum Gasteiger partial charge on any atom is 0.104 e. The zero-order valence-corrected chi connectivity index (χ0v) is 12.4. The Morgan fingerprint density at radius 2 is 1.80 bits per heavy atom. The lowest BCUT2D eigenvalue weighted by atomic mass is 10.0. The Kier molecular flexibility index (Phi) is 3.88. The molecular weight excluding hydrogens is 264 g/mol. The van der Waals surface area contributed by atoms with Crippen molar-refractivity contribution in [2.75, 3.05) is 11.9 Å². The van der Waals surface area contributed by atoms with Gasteiger partial charge in [-0.25, -0.2) is 0 Å². The Labute approximate surface area is 125 Å². The van der Waals surface area contributed by atoms with E-state index in [2.05, 4.69) is 29.6 Å². The minimum atomic E-state index is 0.462. The molecule has 2 nitrogen and oxygen atoms in total. The molecule has 3 heteroatoms. The topological polar surface area (TPSA) is 38.0 Å². The Bertz CT molecular complexity index is 630. The lowest BCUT2D eigenvalue weighted by Crippen LogP contribution is -2.13. The fourth-order valence-electron chi connectivity index (χ4n) is 3.14. The number of nitrogens with two attached hydrogens (primary N) is 1. The molecule has 0 amide bonds. The molecule has 3 rings (SSSR count). The van der Waals surface area contributed by atoms with Gasteiger partial charge in [-0.05, 0) is 36.3 Å². The van der Waals surface area contributed by atoms with Crippen LogP contribution in [0.25, 0.3) is 10.8 Å². The van der Waals surface area contributed by atoms with Gasteiger partial charge >= 0.3 is 0 Å². The van der Waals surface area contributed by atoms with Crippen molar-refractivity contribution in [3.8, 4) is 0 Å². The van der Waals surface area contributed by atoms with Crippen molar-refractivity contribution in [1.82, 2.24) is 0 Å². The molecule has 1 aliphatic rings. The molecule has 0 atom stereocenters. The summed E-state index contributed by atoms with van der Waals surface area (Å²) >= 11 is 5.14. The number of fused-ring (bicyclic) bond motifs is 1. The van der Waals surface area contributed by atoms with E-state index in [0.717, 1.165) is 23.4 Å². The van der Waals surface area contributed by atoms with Crippen molar-refractivity contribution >= 4 is 33.7 Å². The predicted octanol–water partition coefficient (Wildman–Crippen LogP) is 4.08. The van der Waals surface area contributed by atoms with Crippen molar-refractivity contribution in [2.45, 2.75) is 25.7 Å². The van der Waals surface area contributed by atoms with Gasteiger partial charge in [0.2, 0.25) is 0 Å². The summed E-state index contributed by atoms with van der Waals surface area (Å²) in [6.45, 7) is 1.07. The monoisotopic (exact) mass is 284 g/mol. The lowest BCUT2D eigenvalue weighted by Gasteiger charge is -2.15. The molecule has 0 radical (unpaired) electrons. The number of anilines is 1. The van der Waals surface area contributed by atoms with Gasteiger partial charge in [-0.2, -0.15) is 0 Å². The highest BCUT2D eigenvalue weighted by Crippen LogP contribution is 2.29. The predicted molar refractivity (Wildman–Crippen MR) is 90.3 cm³/mol. The number of rotatable bonds is 4. The Hall–Kier alpha value is -1.61. The van der Waals surface area contributed by atoms with Crippen LogP contribution in [0.1, 0.15) is 31.2 Å². The third kappa shape index (κ3) is 2.63. The molecular formula is C17H20N2S. The van der Waals surface area contributed by atoms with Gasteiger partial charge in [-0.1, -0.05) is 49.3 Å². The summed E-state index contributed by atoms with van der Waals surface area (Å²) in [6, 6.07) is 12.4. The van der Waals surface area contributed by atoms with Crippen LogP contribution in [0.2, 0.25) is 0 Å². The lowest BCUT2D eigenvalue weighted by molar-refractivity contribution is 0.580. The summed E-state index contributed by atoms with van der Waals surface area (Å²) in [5.74, 6) is 0.823. The summed E-state index contributed by atoms with van der Waals surface area (Å²) in [7, 11) is 0. The van der Waals surface area contributed by atoms with Gasteiger partial charge in [0.1, 0.15) is 4.99 Å². The van der Waals surface area contributed by atoms with Gasteiger partial charge in [0.05, 0.1) is 0 Å². The standard InChI is InChI=1S/C17H20N2S/c18-17(20)15-9-10-16(14-8-4-3-7-13(14)15)19-11-12-5-1-2-6-12/h3-4,7-10,12,19H,1-2,5-6,11H2,(H2,18,20). The van der Waals surface area contributed by atoms with E-state index in [1.54, 1.807) is 0 Å². The van der Waals surface area contributed by atoms with Gasteiger partial charge in [0.15, 0.2) is 0 Å². The van der Waals surface area contributed by atoms with Crippen LogP contribution in [0, 0.1) is 5.92 Å². The molecule has 0 heterocycles. The smallest absolute Gasteiger partial charge is 0.104 e. The van der Waals surface area contributed by atoms with Crippen molar-refractivity contribution in [1.29, 1.82) is 0 Å². The maximum absolute atomic E-state index is 5.81. The van der Waals surface area contributed by atoms with Crippen LogP contribution in [0.15, 0.2) is 36.4 Å². The highest BCUT2D eigenvalue weighted by Gasteiger charge is 2.15. The number of thiocarbonyl (C=S) groups is 1. The van der Waals surface area contributed by atoms with Crippen molar-refractivity contribution in [3.05, 3.63) is 42.0 Å². The minimum Gasteiger partial charge on any atom is -0.389 e. The molecule has 3 N–H and O–H groups in total. The fourth-order valence-corrected chi connectivity index (χ4v) is 3.31. The third-order valence-corrected chi connectivity index (χ3v) is 4.47. The third-order valence-electron chi connectivity index (χ3n) is 4.25.